The fraction of sp³-hybridized carbons (Fsp3) is 0. The van der Waals surface area contributed by atoms with Crippen LogP contribution in [0.1, 0.15) is 0 Å². The molecule has 4 aromatic rings. The van der Waals surface area contributed by atoms with E-state index in [9.17, 15) is 9.18 Å². The van der Waals surface area contributed by atoms with Crippen LogP contribution in [-0.2, 0) is 0 Å². The normalized spacial score (nSPS) is 11.4. The van der Waals surface area contributed by atoms with E-state index < -0.39 is 0 Å². The lowest BCUT2D eigenvalue weighted by Gasteiger charge is -2.01. The number of nitrogens with zero attached hydrogens (tertiary/aromatic N) is 4. The van der Waals surface area contributed by atoms with Gasteiger partial charge in [0, 0.05) is 6.07 Å². The average molecular weight is 270 g/mol. The van der Waals surface area contributed by atoms with Crippen LogP contribution < -0.4 is 5.69 Å². The summed E-state index contributed by atoms with van der Waals surface area (Å²) < 4.78 is 14.9. The van der Waals surface area contributed by atoms with Gasteiger partial charge >= 0.3 is 5.69 Å². The van der Waals surface area contributed by atoms with Gasteiger partial charge in [0.2, 0.25) is 5.95 Å². The van der Waals surface area contributed by atoms with Crippen LogP contribution in [0.15, 0.2) is 35.5 Å². The van der Waals surface area contributed by atoms with Gasteiger partial charge in [-0.1, -0.05) is 0 Å². The Balaban J connectivity index is 2.00. The molecule has 2 N–H and O–H groups in total. The molecule has 0 amide bonds. The Hall–Kier alpha value is -3.03. The summed E-state index contributed by atoms with van der Waals surface area (Å²) >= 11 is 0. The highest BCUT2D eigenvalue weighted by Crippen LogP contribution is 2.17. The lowest BCUT2D eigenvalue weighted by molar-refractivity contribution is 0.629. The van der Waals surface area contributed by atoms with Crippen LogP contribution in [0.25, 0.3) is 28.1 Å². The van der Waals surface area contributed by atoms with Crippen molar-refractivity contribution >= 4 is 22.2 Å². The Morgan fingerprint density at radius 1 is 1.20 bits per heavy atom. The third-order valence-corrected chi connectivity index (χ3v) is 2.98. The lowest BCUT2D eigenvalue weighted by atomic mass is 10.3. The van der Waals surface area contributed by atoms with E-state index in [4.69, 9.17) is 0 Å². The number of benzene rings is 1. The summed E-state index contributed by atoms with van der Waals surface area (Å²) in [6, 6.07) is 4.28. The Bertz CT molecular complexity index is 998. The Morgan fingerprint density at radius 2 is 2.10 bits per heavy atom. The van der Waals surface area contributed by atoms with Crippen molar-refractivity contribution < 1.29 is 4.39 Å². The van der Waals surface area contributed by atoms with Crippen LogP contribution >= 0.6 is 0 Å². The summed E-state index contributed by atoms with van der Waals surface area (Å²) in [5.41, 5.74) is 1.74. The highest BCUT2D eigenvalue weighted by atomic mass is 19.1. The third-order valence-electron chi connectivity index (χ3n) is 2.98. The van der Waals surface area contributed by atoms with Crippen molar-refractivity contribution in [1.82, 2.24) is 29.5 Å². The van der Waals surface area contributed by atoms with Gasteiger partial charge in [0.1, 0.15) is 17.7 Å². The maximum absolute atomic E-state index is 13.3. The number of imidazole rings is 2. The molecule has 0 fully saturated rings. The van der Waals surface area contributed by atoms with E-state index in [-0.39, 0.29) is 11.5 Å². The lowest BCUT2D eigenvalue weighted by Crippen LogP contribution is -2.00. The molecule has 0 saturated carbocycles. The molecule has 0 spiro atoms. The molecule has 0 unspecified atom stereocenters. The minimum Gasteiger partial charge on any atom is -0.303 e. The van der Waals surface area contributed by atoms with Crippen molar-refractivity contribution in [2.45, 2.75) is 0 Å². The third kappa shape index (κ3) is 1.51. The molecule has 4 rings (SSSR count). The van der Waals surface area contributed by atoms with Gasteiger partial charge in [-0.2, -0.15) is 4.98 Å². The number of hydrogen-bond acceptors (Lipinski definition) is 4. The highest BCUT2D eigenvalue weighted by molar-refractivity contribution is 5.77. The molecule has 0 radical (unpaired) electrons. The van der Waals surface area contributed by atoms with Crippen LogP contribution in [0, 0.1) is 5.82 Å². The molecule has 0 aliphatic carbocycles. The van der Waals surface area contributed by atoms with E-state index in [2.05, 4.69) is 24.9 Å². The fourth-order valence-electron chi connectivity index (χ4n) is 2.08. The first-order valence-electron chi connectivity index (χ1n) is 5.79. The zero-order valence-electron chi connectivity index (χ0n) is 9.96. The second-order valence-corrected chi connectivity index (χ2v) is 4.26. The number of fused-ring (bicyclic) bond motifs is 2. The number of halogens is 1. The van der Waals surface area contributed by atoms with Gasteiger partial charge in [0.05, 0.1) is 17.2 Å². The van der Waals surface area contributed by atoms with E-state index in [1.807, 2.05) is 0 Å². The molecule has 0 saturated heterocycles. The van der Waals surface area contributed by atoms with Crippen LogP contribution in [0.2, 0.25) is 0 Å². The van der Waals surface area contributed by atoms with E-state index >= 15 is 0 Å². The standard InChI is InChI=1S/C12H7FN6O/c13-6-1-2-7-9(3-6)19(5-15-7)11-14-4-8-10(17-11)18-12(20)16-8/h1-5H,(H2,14,16,17,18,20). The predicted octanol–water partition coefficient (Wildman–Crippen LogP) is 1.12. The molecule has 3 heterocycles. The van der Waals surface area contributed by atoms with Gasteiger partial charge < -0.3 is 4.98 Å². The zero-order valence-corrected chi connectivity index (χ0v) is 9.96. The number of nitrogens with one attached hydrogen (secondary N) is 2. The molecular weight excluding hydrogens is 263 g/mol. The van der Waals surface area contributed by atoms with E-state index in [0.29, 0.717) is 28.1 Å². The van der Waals surface area contributed by atoms with Gasteiger partial charge in [0.25, 0.3) is 0 Å². The van der Waals surface area contributed by atoms with Crippen LogP contribution in [-0.4, -0.2) is 29.5 Å². The van der Waals surface area contributed by atoms with Crippen LogP contribution in [0.3, 0.4) is 0 Å². The van der Waals surface area contributed by atoms with Gasteiger partial charge in [0.15, 0.2) is 5.65 Å². The molecule has 98 valence electrons. The summed E-state index contributed by atoms with van der Waals surface area (Å²) in [4.78, 5) is 28.8. The van der Waals surface area contributed by atoms with Gasteiger partial charge in [-0.05, 0) is 12.1 Å². The number of aromatic nitrogens is 6. The van der Waals surface area contributed by atoms with Crippen LogP contribution in [0.5, 0.6) is 0 Å². The number of aromatic amines is 2. The van der Waals surface area contributed by atoms with E-state index in [0.717, 1.165) is 0 Å². The summed E-state index contributed by atoms with van der Waals surface area (Å²) in [7, 11) is 0. The summed E-state index contributed by atoms with van der Waals surface area (Å²) in [6.45, 7) is 0. The van der Waals surface area contributed by atoms with Crippen molar-refractivity contribution in [2.75, 3.05) is 0 Å². The average Bonchev–Trinajstić information content (AvgIpc) is 2.99. The number of hydrogen-bond donors (Lipinski definition) is 2. The predicted molar refractivity (Wildman–Crippen MR) is 69.1 cm³/mol. The molecule has 8 heteroatoms. The molecule has 0 atom stereocenters. The maximum Gasteiger partial charge on any atom is 0.325 e. The van der Waals surface area contributed by atoms with Crippen molar-refractivity contribution in [3.63, 3.8) is 0 Å². The monoisotopic (exact) mass is 270 g/mol. The van der Waals surface area contributed by atoms with Gasteiger partial charge in [-0.25, -0.2) is 19.2 Å². The first-order chi connectivity index (χ1) is 9.70. The summed E-state index contributed by atoms with van der Waals surface area (Å²) in [5, 5.41) is 0. The Kier molecular flexibility index (Phi) is 2.02. The molecule has 7 nitrogen and oxygen atoms in total. The Labute approximate surface area is 110 Å². The largest absolute Gasteiger partial charge is 0.325 e. The van der Waals surface area contributed by atoms with Crippen LogP contribution in [0.4, 0.5) is 4.39 Å². The van der Waals surface area contributed by atoms with E-state index in [1.54, 1.807) is 10.6 Å². The maximum atomic E-state index is 13.3. The highest BCUT2D eigenvalue weighted by Gasteiger charge is 2.09. The SMILES string of the molecule is O=c1[nH]c2cnc(-n3cnc4ccc(F)cc43)nc2[nH]1. The molecule has 0 aliphatic rings. The Morgan fingerprint density at radius 3 is 3.00 bits per heavy atom. The second-order valence-electron chi connectivity index (χ2n) is 4.26. The topological polar surface area (TPSA) is 92.2 Å². The summed E-state index contributed by atoms with van der Waals surface area (Å²) in [5.74, 6) is -0.0590. The fourth-order valence-corrected chi connectivity index (χ4v) is 2.08. The molecule has 0 bridgehead atoms. The van der Waals surface area contributed by atoms with Crippen molar-refractivity contribution in [1.29, 1.82) is 0 Å². The van der Waals surface area contributed by atoms with Crippen molar-refractivity contribution in [3.05, 3.63) is 47.0 Å². The molecular formula is C12H7FN6O. The minimum absolute atomic E-state index is 0.306. The van der Waals surface area contributed by atoms with E-state index in [1.165, 1.54) is 24.7 Å². The molecule has 0 aliphatic heterocycles. The molecule has 3 aromatic heterocycles. The van der Waals surface area contributed by atoms with Crippen molar-refractivity contribution in [2.24, 2.45) is 0 Å². The number of rotatable bonds is 1. The van der Waals surface area contributed by atoms with Gasteiger partial charge in [-0.3, -0.25) is 9.55 Å². The minimum atomic E-state index is -0.365. The smallest absolute Gasteiger partial charge is 0.303 e. The number of H-pyrrole nitrogens is 2. The molecule has 1 aromatic carbocycles. The zero-order chi connectivity index (χ0) is 13.7. The second kappa shape index (κ2) is 3.73. The van der Waals surface area contributed by atoms with Crippen molar-refractivity contribution in [3.8, 4) is 5.95 Å². The molecule has 20 heavy (non-hydrogen) atoms. The van der Waals surface area contributed by atoms with Gasteiger partial charge in [-0.15, -0.1) is 0 Å². The summed E-state index contributed by atoms with van der Waals surface area (Å²) in [6.07, 6.45) is 3.00. The first kappa shape index (κ1) is 10.9. The quantitative estimate of drug-likeness (QED) is 0.542. The first-order valence-corrected chi connectivity index (χ1v) is 5.79.